The second-order valence-corrected chi connectivity index (χ2v) is 6.10. The van der Waals surface area contributed by atoms with Crippen LogP contribution in [0, 0.1) is 0 Å². The number of hydrogen-bond acceptors (Lipinski definition) is 7. The minimum atomic E-state index is 0.517. The Balaban J connectivity index is 1.70. The molecular weight excluding hydrogens is 342 g/mol. The van der Waals surface area contributed by atoms with Crippen LogP contribution in [0.15, 0.2) is 54.6 Å². The van der Waals surface area contributed by atoms with Gasteiger partial charge in [0.25, 0.3) is 0 Å². The number of para-hydroxylation sites is 1. The molecule has 2 aromatic carbocycles. The van der Waals surface area contributed by atoms with Gasteiger partial charge in [-0.3, -0.25) is 0 Å². The molecule has 7 nitrogen and oxygen atoms in total. The van der Waals surface area contributed by atoms with Crippen LogP contribution in [-0.4, -0.2) is 48.4 Å². The van der Waals surface area contributed by atoms with Crippen molar-refractivity contribution in [2.75, 3.05) is 43.6 Å². The monoisotopic (exact) mass is 363 g/mol. The van der Waals surface area contributed by atoms with Gasteiger partial charge < -0.3 is 19.7 Å². The van der Waals surface area contributed by atoms with Crippen LogP contribution in [-0.2, 0) is 4.74 Å². The Labute approximate surface area is 158 Å². The van der Waals surface area contributed by atoms with E-state index in [2.05, 4.69) is 20.2 Å². The second kappa shape index (κ2) is 8.01. The van der Waals surface area contributed by atoms with Crippen molar-refractivity contribution in [2.45, 2.75) is 0 Å². The van der Waals surface area contributed by atoms with Gasteiger partial charge in [0.05, 0.1) is 20.3 Å². The molecule has 1 aliphatic heterocycles. The Hall–Kier alpha value is -3.19. The van der Waals surface area contributed by atoms with E-state index in [4.69, 9.17) is 14.5 Å². The molecule has 0 saturated carbocycles. The fourth-order valence-electron chi connectivity index (χ4n) is 2.85. The van der Waals surface area contributed by atoms with Gasteiger partial charge in [0.15, 0.2) is 5.82 Å². The van der Waals surface area contributed by atoms with Crippen LogP contribution in [0.5, 0.6) is 5.75 Å². The van der Waals surface area contributed by atoms with E-state index >= 15 is 0 Å². The third-order valence-electron chi connectivity index (χ3n) is 4.30. The summed E-state index contributed by atoms with van der Waals surface area (Å²) in [7, 11) is 1.65. The first-order valence-electron chi connectivity index (χ1n) is 8.87. The van der Waals surface area contributed by atoms with Gasteiger partial charge in [-0.1, -0.05) is 18.2 Å². The number of anilines is 3. The zero-order valence-electron chi connectivity index (χ0n) is 15.1. The lowest BCUT2D eigenvalue weighted by Gasteiger charge is -2.27. The standard InChI is InChI=1S/C20H21N5O2/c1-26-17-9-7-15(8-10-17)18-22-19(21-16-5-3-2-4-6-16)24-20(23-18)25-11-13-27-14-12-25/h2-10H,11-14H2,1H3,(H,21,22,23,24). The molecule has 138 valence electrons. The molecule has 1 aliphatic rings. The molecule has 2 heterocycles. The number of methoxy groups -OCH3 is 1. The summed E-state index contributed by atoms with van der Waals surface area (Å²) in [6, 6.07) is 17.6. The molecule has 0 spiro atoms. The van der Waals surface area contributed by atoms with E-state index in [-0.39, 0.29) is 0 Å². The van der Waals surface area contributed by atoms with Crippen molar-refractivity contribution in [2.24, 2.45) is 0 Å². The first kappa shape index (κ1) is 17.2. The highest BCUT2D eigenvalue weighted by Gasteiger charge is 2.17. The molecule has 7 heteroatoms. The summed E-state index contributed by atoms with van der Waals surface area (Å²) in [4.78, 5) is 16.1. The maximum atomic E-state index is 5.45. The van der Waals surface area contributed by atoms with Crippen molar-refractivity contribution in [3.05, 3.63) is 54.6 Å². The molecule has 0 atom stereocenters. The molecule has 1 aromatic heterocycles. The molecule has 27 heavy (non-hydrogen) atoms. The molecule has 0 aliphatic carbocycles. The fraction of sp³-hybridized carbons (Fsp3) is 0.250. The normalized spacial score (nSPS) is 14.0. The average molecular weight is 363 g/mol. The van der Waals surface area contributed by atoms with Crippen LogP contribution in [0.2, 0.25) is 0 Å². The highest BCUT2D eigenvalue weighted by molar-refractivity contribution is 5.62. The SMILES string of the molecule is COc1ccc(-c2nc(Nc3ccccc3)nc(N3CCOCC3)n2)cc1. The van der Waals surface area contributed by atoms with Gasteiger partial charge in [0.2, 0.25) is 11.9 Å². The first-order valence-corrected chi connectivity index (χ1v) is 8.87. The predicted molar refractivity (Wildman–Crippen MR) is 105 cm³/mol. The molecule has 1 saturated heterocycles. The Kier molecular flexibility index (Phi) is 5.11. The molecular formula is C20H21N5O2. The predicted octanol–water partition coefficient (Wildman–Crippen LogP) is 3.13. The van der Waals surface area contributed by atoms with Gasteiger partial charge in [0.1, 0.15) is 5.75 Å². The summed E-state index contributed by atoms with van der Waals surface area (Å²) in [5, 5.41) is 3.27. The number of ether oxygens (including phenoxy) is 2. The van der Waals surface area contributed by atoms with E-state index < -0.39 is 0 Å². The highest BCUT2D eigenvalue weighted by Crippen LogP contribution is 2.24. The molecule has 0 unspecified atom stereocenters. The molecule has 4 rings (SSSR count). The number of hydrogen-bond donors (Lipinski definition) is 1. The zero-order chi connectivity index (χ0) is 18.5. The van der Waals surface area contributed by atoms with Crippen molar-refractivity contribution >= 4 is 17.6 Å². The fourth-order valence-corrected chi connectivity index (χ4v) is 2.85. The highest BCUT2D eigenvalue weighted by atomic mass is 16.5. The summed E-state index contributed by atoms with van der Waals surface area (Å²) in [6.07, 6.45) is 0. The van der Waals surface area contributed by atoms with Crippen molar-refractivity contribution < 1.29 is 9.47 Å². The van der Waals surface area contributed by atoms with Gasteiger partial charge in [-0.05, 0) is 36.4 Å². The van der Waals surface area contributed by atoms with E-state index in [9.17, 15) is 0 Å². The molecule has 0 radical (unpaired) electrons. The minimum absolute atomic E-state index is 0.517. The second-order valence-electron chi connectivity index (χ2n) is 6.10. The average Bonchev–Trinajstić information content (AvgIpc) is 2.75. The van der Waals surface area contributed by atoms with E-state index in [0.29, 0.717) is 30.9 Å². The Morgan fingerprint density at radius 2 is 1.67 bits per heavy atom. The lowest BCUT2D eigenvalue weighted by molar-refractivity contribution is 0.122. The number of rotatable bonds is 5. The van der Waals surface area contributed by atoms with E-state index in [1.165, 1.54) is 0 Å². The van der Waals surface area contributed by atoms with E-state index in [1.807, 2.05) is 54.6 Å². The van der Waals surface area contributed by atoms with Gasteiger partial charge in [-0.25, -0.2) is 0 Å². The Bertz CT molecular complexity index is 881. The smallest absolute Gasteiger partial charge is 0.232 e. The first-order chi connectivity index (χ1) is 13.3. The van der Waals surface area contributed by atoms with Crippen LogP contribution in [0.4, 0.5) is 17.6 Å². The summed E-state index contributed by atoms with van der Waals surface area (Å²) in [5.74, 6) is 2.58. The maximum absolute atomic E-state index is 5.45. The molecule has 3 aromatic rings. The van der Waals surface area contributed by atoms with Crippen LogP contribution in [0.1, 0.15) is 0 Å². The third-order valence-corrected chi connectivity index (χ3v) is 4.30. The van der Waals surface area contributed by atoms with E-state index in [0.717, 1.165) is 30.1 Å². The molecule has 1 N–H and O–H groups in total. The van der Waals surface area contributed by atoms with Crippen LogP contribution in [0.3, 0.4) is 0 Å². The number of benzene rings is 2. The van der Waals surface area contributed by atoms with Crippen molar-refractivity contribution in [3.63, 3.8) is 0 Å². The van der Waals surface area contributed by atoms with Crippen molar-refractivity contribution in [1.29, 1.82) is 0 Å². The summed E-state index contributed by atoms with van der Waals surface area (Å²) < 4.78 is 10.7. The third kappa shape index (κ3) is 4.15. The zero-order valence-corrected chi connectivity index (χ0v) is 15.1. The van der Waals surface area contributed by atoms with E-state index in [1.54, 1.807) is 7.11 Å². The lowest BCUT2D eigenvalue weighted by Crippen LogP contribution is -2.37. The molecule has 0 amide bonds. The molecule has 0 bridgehead atoms. The topological polar surface area (TPSA) is 72.4 Å². The Morgan fingerprint density at radius 1 is 0.926 bits per heavy atom. The maximum Gasteiger partial charge on any atom is 0.232 e. The summed E-state index contributed by atoms with van der Waals surface area (Å²) in [5.41, 5.74) is 1.83. The number of nitrogens with zero attached hydrogens (tertiary/aromatic N) is 4. The van der Waals surface area contributed by atoms with Gasteiger partial charge in [-0.15, -0.1) is 0 Å². The number of morpholine rings is 1. The van der Waals surface area contributed by atoms with Crippen LogP contribution < -0.4 is 15.0 Å². The van der Waals surface area contributed by atoms with Gasteiger partial charge >= 0.3 is 0 Å². The quantitative estimate of drug-likeness (QED) is 0.746. The van der Waals surface area contributed by atoms with Crippen LogP contribution in [0.25, 0.3) is 11.4 Å². The minimum Gasteiger partial charge on any atom is -0.497 e. The number of aromatic nitrogens is 3. The van der Waals surface area contributed by atoms with Crippen LogP contribution >= 0.6 is 0 Å². The number of nitrogens with one attached hydrogen (secondary N) is 1. The Morgan fingerprint density at radius 3 is 2.37 bits per heavy atom. The van der Waals surface area contributed by atoms with Crippen molar-refractivity contribution in [3.8, 4) is 17.1 Å². The van der Waals surface area contributed by atoms with Gasteiger partial charge in [0, 0.05) is 24.3 Å². The van der Waals surface area contributed by atoms with Crippen molar-refractivity contribution in [1.82, 2.24) is 15.0 Å². The van der Waals surface area contributed by atoms with Gasteiger partial charge in [-0.2, -0.15) is 15.0 Å². The summed E-state index contributed by atoms with van der Waals surface area (Å²) >= 11 is 0. The lowest BCUT2D eigenvalue weighted by atomic mass is 10.2. The molecule has 1 fully saturated rings. The summed E-state index contributed by atoms with van der Waals surface area (Å²) in [6.45, 7) is 2.86. The largest absolute Gasteiger partial charge is 0.497 e.